The van der Waals surface area contributed by atoms with E-state index in [2.05, 4.69) is 71.8 Å². The molecule has 0 aliphatic rings. The van der Waals surface area contributed by atoms with Crippen molar-refractivity contribution in [1.29, 1.82) is 0 Å². The summed E-state index contributed by atoms with van der Waals surface area (Å²) >= 11 is 0. The second-order valence-electron chi connectivity index (χ2n) is 9.81. The van der Waals surface area contributed by atoms with Crippen LogP contribution in [0, 0.1) is 0 Å². The largest absolute Gasteiger partial charge is 0.505 e. The van der Waals surface area contributed by atoms with Crippen molar-refractivity contribution in [3.63, 3.8) is 0 Å². The van der Waals surface area contributed by atoms with Crippen LogP contribution in [0.25, 0.3) is 16.7 Å². The number of unbranched alkanes of at least 4 members (excludes halogenated alkanes) is 1. The van der Waals surface area contributed by atoms with Crippen LogP contribution in [-0.2, 0) is 17.3 Å². The number of hydrogen-bond donors (Lipinski definition) is 1. The van der Waals surface area contributed by atoms with E-state index >= 15 is 0 Å². The van der Waals surface area contributed by atoms with Gasteiger partial charge in [-0.2, -0.15) is 0 Å². The van der Waals surface area contributed by atoms with E-state index in [-0.39, 0.29) is 16.6 Å². The van der Waals surface area contributed by atoms with Crippen molar-refractivity contribution in [3.05, 3.63) is 47.0 Å². The lowest BCUT2D eigenvalue weighted by Gasteiger charge is -2.27. The van der Waals surface area contributed by atoms with E-state index in [0.29, 0.717) is 5.69 Å². The fraction of sp³-hybridized carbons (Fsp3) is 0.500. The highest BCUT2D eigenvalue weighted by Gasteiger charge is 2.26. The van der Waals surface area contributed by atoms with Crippen LogP contribution in [0.5, 0.6) is 5.75 Å². The van der Waals surface area contributed by atoms with Crippen molar-refractivity contribution in [2.24, 2.45) is 0 Å². The van der Waals surface area contributed by atoms with Gasteiger partial charge in [0.15, 0.2) is 0 Å². The molecule has 0 saturated carbocycles. The molecule has 3 rings (SSSR count). The molecule has 2 aromatic carbocycles. The molecule has 0 fully saturated rings. The van der Waals surface area contributed by atoms with Crippen molar-refractivity contribution in [1.82, 2.24) is 15.0 Å². The van der Waals surface area contributed by atoms with Gasteiger partial charge in [-0.25, -0.2) is 0 Å². The second kappa shape index (κ2) is 7.23. The summed E-state index contributed by atoms with van der Waals surface area (Å²) in [7, 11) is 0. The molecule has 0 saturated heterocycles. The minimum absolute atomic E-state index is 0.0393. The first-order valence-electron chi connectivity index (χ1n) is 10.2. The highest BCUT2D eigenvalue weighted by Crippen LogP contribution is 2.39. The first kappa shape index (κ1) is 20.4. The molecule has 0 spiro atoms. The lowest BCUT2D eigenvalue weighted by Crippen LogP contribution is -2.18. The van der Waals surface area contributed by atoms with Gasteiger partial charge < -0.3 is 5.11 Å². The molecule has 0 aliphatic carbocycles. The third kappa shape index (κ3) is 4.06. The average Bonchev–Trinajstić information content (AvgIpc) is 3.01. The van der Waals surface area contributed by atoms with Gasteiger partial charge in [0.2, 0.25) is 0 Å². The molecule has 4 nitrogen and oxygen atoms in total. The van der Waals surface area contributed by atoms with Gasteiger partial charge in [-0.3, -0.25) is 0 Å². The molecule has 0 unspecified atom stereocenters. The van der Waals surface area contributed by atoms with Crippen LogP contribution in [0.3, 0.4) is 0 Å². The molecule has 1 aromatic heterocycles. The summed E-state index contributed by atoms with van der Waals surface area (Å²) in [4.78, 5) is 1.59. The van der Waals surface area contributed by atoms with Gasteiger partial charge in [0.05, 0.1) is 0 Å². The third-order valence-electron chi connectivity index (χ3n) is 5.24. The minimum atomic E-state index is -0.181. The van der Waals surface area contributed by atoms with Crippen LogP contribution < -0.4 is 0 Å². The van der Waals surface area contributed by atoms with E-state index in [1.165, 1.54) is 18.4 Å². The highest BCUT2D eigenvalue weighted by molar-refractivity contribution is 5.75. The van der Waals surface area contributed by atoms with Crippen molar-refractivity contribution < 1.29 is 5.11 Å². The van der Waals surface area contributed by atoms with Crippen molar-refractivity contribution in [2.45, 2.75) is 78.6 Å². The van der Waals surface area contributed by atoms with E-state index in [1.54, 1.807) is 4.80 Å². The van der Waals surface area contributed by atoms with E-state index < -0.39 is 0 Å². The SMILES string of the molecule is CCCCc1ccc2nn(-c3cc(C(C)(C)C)cc(C(C)(C)C)c3O)nc2c1. The standard InChI is InChI=1S/C24H33N3O/c1-8-9-10-16-11-12-19-20(13-16)26-27(25-19)21-15-17(23(2,3)4)14-18(22(21)28)24(5,6)7/h11-15,28H,8-10H2,1-7H3. The molecule has 1 heterocycles. The van der Waals surface area contributed by atoms with E-state index in [9.17, 15) is 5.11 Å². The molecular formula is C24H33N3O. The lowest BCUT2D eigenvalue weighted by molar-refractivity contribution is 0.438. The monoisotopic (exact) mass is 379 g/mol. The van der Waals surface area contributed by atoms with Gasteiger partial charge in [-0.1, -0.05) is 67.0 Å². The number of phenols is 1. The first-order chi connectivity index (χ1) is 13.0. The molecule has 150 valence electrons. The van der Waals surface area contributed by atoms with Crippen LogP contribution in [0.4, 0.5) is 0 Å². The van der Waals surface area contributed by atoms with Gasteiger partial charge in [0.1, 0.15) is 22.5 Å². The maximum absolute atomic E-state index is 11.1. The number of rotatable bonds is 4. The summed E-state index contributed by atoms with van der Waals surface area (Å²) < 4.78 is 0. The molecule has 4 heteroatoms. The van der Waals surface area contributed by atoms with Gasteiger partial charge in [0, 0.05) is 5.56 Å². The summed E-state index contributed by atoms with van der Waals surface area (Å²) in [5.41, 5.74) is 5.50. The zero-order chi connectivity index (χ0) is 20.7. The predicted octanol–water partition coefficient (Wildman–Crippen LogP) is 6.06. The van der Waals surface area contributed by atoms with Crippen LogP contribution in [0.1, 0.15) is 78.0 Å². The number of phenolic OH excluding ortho intramolecular Hbond substituents is 1. The Balaban J connectivity index is 2.16. The third-order valence-corrected chi connectivity index (χ3v) is 5.24. The van der Waals surface area contributed by atoms with Crippen LogP contribution in [0.2, 0.25) is 0 Å². The predicted molar refractivity (Wildman–Crippen MR) is 117 cm³/mol. The number of benzene rings is 2. The molecule has 28 heavy (non-hydrogen) atoms. The van der Waals surface area contributed by atoms with Crippen molar-refractivity contribution in [2.75, 3.05) is 0 Å². The minimum Gasteiger partial charge on any atom is -0.505 e. The maximum Gasteiger partial charge on any atom is 0.146 e. The van der Waals surface area contributed by atoms with Crippen LogP contribution in [0.15, 0.2) is 30.3 Å². The Morgan fingerprint density at radius 2 is 1.57 bits per heavy atom. The highest BCUT2D eigenvalue weighted by atomic mass is 16.3. The van der Waals surface area contributed by atoms with Crippen molar-refractivity contribution in [3.8, 4) is 11.4 Å². The summed E-state index contributed by atoms with van der Waals surface area (Å²) in [6, 6.07) is 10.4. The fourth-order valence-corrected chi connectivity index (χ4v) is 3.38. The number of aryl methyl sites for hydroxylation is 1. The molecule has 0 amide bonds. The molecule has 3 aromatic rings. The smallest absolute Gasteiger partial charge is 0.146 e. The van der Waals surface area contributed by atoms with E-state index in [1.807, 2.05) is 12.1 Å². The Morgan fingerprint density at radius 1 is 0.893 bits per heavy atom. The zero-order valence-electron chi connectivity index (χ0n) is 18.3. The second-order valence-corrected chi connectivity index (χ2v) is 9.81. The summed E-state index contributed by atoms with van der Waals surface area (Å²) in [6.45, 7) is 15.1. The van der Waals surface area contributed by atoms with E-state index in [4.69, 9.17) is 5.10 Å². The number of hydrogen-bond acceptors (Lipinski definition) is 3. The number of fused-ring (bicyclic) bond motifs is 1. The molecule has 0 radical (unpaired) electrons. The van der Waals surface area contributed by atoms with Crippen LogP contribution in [-0.4, -0.2) is 20.1 Å². The molecule has 0 bridgehead atoms. The molecule has 0 aliphatic heterocycles. The average molecular weight is 380 g/mol. The first-order valence-corrected chi connectivity index (χ1v) is 10.2. The van der Waals surface area contributed by atoms with E-state index in [0.717, 1.165) is 28.6 Å². The number of aromatic nitrogens is 3. The Kier molecular flexibility index (Phi) is 5.26. The zero-order valence-corrected chi connectivity index (χ0v) is 18.3. The summed E-state index contributed by atoms with van der Waals surface area (Å²) in [5.74, 6) is 0.256. The van der Waals surface area contributed by atoms with Gasteiger partial charge in [0.25, 0.3) is 0 Å². The topological polar surface area (TPSA) is 50.9 Å². The molecule has 1 N–H and O–H groups in total. The van der Waals surface area contributed by atoms with Crippen molar-refractivity contribution >= 4 is 11.0 Å². The number of aromatic hydroxyl groups is 1. The Labute approximate surface area is 168 Å². The van der Waals surface area contributed by atoms with Crippen LogP contribution >= 0.6 is 0 Å². The quantitative estimate of drug-likeness (QED) is 0.599. The van der Waals surface area contributed by atoms with Gasteiger partial charge >= 0.3 is 0 Å². The lowest BCUT2D eigenvalue weighted by atomic mass is 9.80. The Hall–Kier alpha value is -2.36. The summed E-state index contributed by atoms with van der Waals surface area (Å²) in [6.07, 6.45) is 3.40. The summed E-state index contributed by atoms with van der Waals surface area (Å²) in [5, 5.41) is 20.4. The fourth-order valence-electron chi connectivity index (χ4n) is 3.38. The Bertz CT molecular complexity index is 987. The molecule has 0 atom stereocenters. The normalized spacial score (nSPS) is 12.7. The van der Waals surface area contributed by atoms with Gasteiger partial charge in [-0.05, 0) is 53.0 Å². The van der Waals surface area contributed by atoms with Gasteiger partial charge in [-0.15, -0.1) is 15.0 Å². The Morgan fingerprint density at radius 3 is 2.18 bits per heavy atom. The maximum atomic E-state index is 11.1. The number of nitrogens with zero attached hydrogens (tertiary/aromatic N) is 3. The molecular weight excluding hydrogens is 346 g/mol.